The highest BCUT2D eigenvalue weighted by atomic mass is 35.5. The molecule has 0 radical (unpaired) electrons. The lowest BCUT2D eigenvalue weighted by Crippen LogP contribution is -2.47. The zero-order valence-electron chi connectivity index (χ0n) is 17.3. The molecule has 1 heterocycles. The van der Waals surface area contributed by atoms with Gasteiger partial charge in [0, 0.05) is 44.8 Å². The Morgan fingerprint density at radius 1 is 0.793 bits per heavy atom. The maximum Gasteiger partial charge on any atom is 0.203 e. The minimum absolute atomic E-state index is 0.632. The number of hydrogen-bond donors (Lipinski definition) is 0. The highest BCUT2D eigenvalue weighted by Crippen LogP contribution is 2.40. The van der Waals surface area contributed by atoms with Crippen LogP contribution in [0.25, 0.3) is 0 Å². The number of para-hydroxylation sites is 1. The van der Waals surface area contributed by atoms with Gasteiger partial charge in [0.25, 0.3) is 0 Å². The number of benzene rings is 2. The summed E-state index contributed by atoms with van der Waals surface area (Å²) in [4.78, 5) is 4.84. The molecule has 7 heteroatoms. The molecule has 0 bridgehead atoms. The maximum absolute atomic E-state index is 6.13. The largest absolute Gasteiger partial charge is 0.493 e. The highest BCUT2D eigenvalue weighted by Gasteiger charge is 2.21. The Morgan fingerprint density at radius 2 is 1.48 bits per heavy atom. The molecule has 1 saturated heterocycles. The number of hydrogen-bond acceptors (Lipinski definition) is 6. The Hall–Kier alpha value is -2.15. The molecule has 1 aliphatic heterocycles. The van der Waals surface area contributed by atoms with Gasteiger partial charge < -0.3 is 18.9 Å². The summed E-state index contributed by atoms with van der Waals surface area (Å²) in [6.45, 7) is 6.32. The van der Waals surface area contributed by atoms with Crippen LogP contribution in [0.4, 0.5) is 0 Å². The molecular formula is C22H29ClN2O4. The van der Waals surface area contributed by atoms with E-state index in [1.165, 1.54) is 0 Å². The average molecular weight is 421 g/mol. The van der Waals surface area contributed by atoms with Gasteiger partial charge in [-0.05, 0) is 18.2 Å². The third-order valence-corrected chi connectivity index (χ3v) is 5.46. The second kappa shape index (κ2) is 10.6. The highest BCUT2D eigenvalue weighted by molar-refractivity contribution is 6.32. The van der Waals surface area contributed by atoms with E-state index in [0.29, 0.717) is 23.1 Å². The Labute approximate surface area is 177 Å². The van der Waals surface area contributed by atoms with Crippen molar-refractivity contribution in [3.8, 4) is 23.0 Å². The Kier molecular flexibility index (Phi) is 7.86. The molecule has 29 heavy (non-hydrogen) atoms. The van der Waals surface area contributed by atoms with E-state index in [1.54, 1.807) is 21.3 Å². The summed E-state index contributed by atoms with van der Waals surface area (Å²) in [6.07, 6.45) is 0. The fourth-order valence-electron chi connectivity index (χ4n) is 3.55. The molecule has 0 spiro atoms. The molecule has 2 aromatic carbocycles. The Balaban J connectivity index is 1.49. The van der Waals surface area contributed by atoms with Crippen molar-refractivity contribution in [3.63, 3.8) is 0 Å². The van der Waals surface area contributed by atoms with Crippen LogP contribution in [0.2, 0.25) is 5.02 Å². The van der Waals surface area contributed by atoms with E-state index < -0.39 is 0 Å². The molecule has 1 aliphatic rings. The summed E-state index contributed by atoms with van der Waals surface area (Å²) in [7, 11) is 4.93. The van der Waals surface area contributed by atoms with Crippen molar-refractivity contribution in [2.45, 2.75) is 6.54 Å². The van der Waals surface area contributed by atoms with Gasteiger partial charge in [0.15, 0.2) is 11.5 Å². The van der Waals surface area contributed by atoms with Crippen LogP contribution in [-0.4, -0.2) is 70.5 Å². The molecule has 3 rings (SSSR count). The number of halogens is 1. The average Bonchev–Trinajstić information content (AvgIpc) is 2.75. The van der Waals surface area contributed by atoms with E-state index in [4.69, 9.17) is 30.5 Å². The molecule has 0 amide bonds. The lowest BCUT2D eigenvalue weighted by atomic mass is 10.1. The topological polar surface area (TPSA) is 43.4 Å². The van der Waals surface area contributed by atoms with Crippen molar-refractivity contribution in [3.05, 3.63) is 47.0 Å². The second-order valence-corrected chi connectivity index (χ2v) is 7.30. The maximum atomic E-state index is 6.13. The first kappa shape index (κ1) is 21.6. The van der Waals surface area contributed by atoms with E-state index in [1.807, 2.05) is 36.4 Å². The number of methoxy groups -OCH3 is 3. The number of ether oxygens (including phenoxy) is 4. The van der Waals surface area contributed by atoms with Crippen molar-refractivity contribution in [2.24, 2.45) is 0 Å². The first-order chi connectivity index (χ1) is 14.2. The van der Waals surface area contributed by atoms with E-state index in [-0.39, 0.29) is 0 Å². The number of piperazine rings is 1. The lowest BCUT2D eigenvalue weighted by molar-refractivity contribution is 0.112. The van der Waals surface area contributed by atoms with Crippen LogP contribution < -0.4 is 18.9 Å². The van der Waals surface area contributed by atoms with Gasteiger partial charge >= 0.3 is 0 Å². The summed E-state index contributed by atoms with van der Waals surface area (Å²) in [5.41, 5.74) is 1.10. The van der Waals surface area contributed by atoms with Gasteiger partial charge in [-0.3, -0.25) is 9.80 Å². The Bertz CT molecular complexity index is 794. The van der Waals surface area contributed by atoms with Crippen molar-refractivity contribution < 1.29 is 18.9 Å². The minimum atomic E-state index is 0.632. The van der Waals surface area contributed by atoms with Gasteiger partial charge in [0.05, 0.1) is 26.4 Å². The van der Waals surface area contributed by atoms with E-state index in [2.05, 4.69) is 9.80 Å². The van der Waals surface area contributed by atoms with Gasteiger partial charge in [-0.2, -0.15) is 0 Å². The van der Waals surface area contributed by atoms with Crippen LogP contribution in [0.5, 0.6) is 23.0 Å². The van der Waals surface area contributed by atoms with Gasteiger partial charge in [-0.15, -0.1) is 0 Å². The van der Waals surface area contributed by atoms with Crippen LogP contribution in [0.1, 0.15) is 5.56 Å². The smallest absolute Gasteiger partial charge is 0.203 e. The van der Waals surface area contributed by atoms with E-state index in [0.717, 1.165) is 56.3 Å². The van der Waals surface area contributed by atoms with Crippen molar-refractivity contribution in [2.75, 3.05) is 60.7 Å². The molecule has 0 saturated carbocycles. The monoisotopic (exact) mass is 420 g/mol. The molecule has 2 aromatic rings. The fraction of sp³-hybridized carbons (Fsp3) is 0.455. The molecule has 0 atom stereocenters. The van der Waals surface area contributed by atoms with Crippen LogP contribution >= 0.6 is 11.6 Å². The minimum Gasteiger partial charge on any atom is -0.493 e. The predicted molar refractivity (Wildman–Crippen MR) is 115 cm³/mol. The second-order valence-electron chi connectivity index (χ2n) is 6.89. The third kappa shape index (κ3) is 5.47. The quantitative estimate of drug-likeness (QED) is 0.618. The number of nitrogens with zero attached hydrogens (tertiary/aromatic N) is 2. The first-order valence-electron chi connectivity index (χ1n) is 9.76. The molecule has 0 unspecified atom stereocenters. The lowest BCUT2D eigenvalue weighted by Gasteiger charge is -2.35. The summed E-state index contributed by atoms with van der Waals surface area (Å²) >= 11 is 6.13. The van der Waals surface area contributed by atoms with Crippen LogP contribution in [0, 0.1) is 0 Å². The molecule has 0 aliphatic carbocycles. The summed E-state index contributed by atoms with van der Waals surface area (Å²) < 4.78 is 22.3. The normalized spacial score (nSPS) is 15.2. The summed E-state index contributed by atoms with van der Waals surface area (Å²) in [6, 6.07) is 11.6. The van der Waals surface area contributed by atoms with E-state index in [9.17, 15) is 0 Å². The van der Waals surface area contributed by atoms with Crippen molar-refractivity contribution >= 4 is 11.6 Å². The molecule has 6 nitrogen and oxygen atoms in total. The van der Waals surface area contributed by atoms with Gasteiger partial charge in [0.1, 0.15) is 12.4 Å². The van der Waals surface area contributed by atoms with Crippen LogP contribution in [0.3, 0.4) is 0 Å². The summed E-state index contributed by atoms with van der Waals surface area (Å²) in [5.74, 6) is 2.80. The third-order valence-electron chi connectivity index (χ3n) is 5.15. The standard InChI is InChI=1S/C22H29ClN2O4/c1-26-20-9-8-17(21(27-2)22(20)28-3)16-25-12-10-24(11-13-25)14-15-29-19-7-5-4-6-18(19)23/h4-9H,10-16H2,1-3H3. The van der Waals surface area contributed by atoms with Crippen LogP contribution in [0.15, 0.2) is 36.4 Å². The Morgan fingerprint density at radius 3 is 2.14 bits per heavy atom. The van der Waals surface area contributed by atoms with Gasteiger partial charge in [0.2, 0.25) is 5.75 Å². The molecule has 0 N–H and O–H groups in total. The zero-order chi connectivity index (χ0) is 20.6. The fourth-order valence-corrected chi connectivity index (χ4v) is 3.74. The molecular weight excluding hydrogens is 392 g/mol. The molecule has 1 fully saturated rings. The van der Waals surface area contributed by atoms with Crippen LogP contribution in [-0.2, 0) is 6.54 Å². The van der Waals surface area contributed by atoms with Gasteiger partial charge in [-0.1, -0.05) is 29.8 Å². The number of rotatable bonds is 9. The van der Waals surface area contributed by atoms with Crippen molar-refractivity contribution in [1.82, 2.24) is 9.80 Å². The predicted octanol–water partition coefficient (Wildman–Crippen LogP) is 3.56. The SMILES string of the molecule is COc1ccc(CN2CCN(CCOc3ccccc3Cl)CC2)c(OC)c1OC. The van der Waals surface area contributed by atoms with Crippen molar-refractivity contribution in [1.29, 1.82) is 0 Å². The zero-order valence-corrected chi connectivity index (χ0v) is 18.1. The van der Waals surface area contributed by atoms with E-state index >= 15 is 0 Å². The summed E-state index contributed by atoms with van der Waals surface area (Å²) in [5, 5.41) is 0.654. The first-order valence-corrected chi connectivity index (χ1v) is 10.1. The van der Waals surface area contributed by atoms with Gasteiger partial charge in [-0.25, -0.2) is 0 Å². The molecule has 158 valence electrons. The molecule has 0 aromatic heterocycles.